The SMILES string of the molecule is CCC(NCC=C(C)C)c1cccc(Cl)c1. The van der Waals surface area contributed by atoms with Gasteiger partial charge < -0.3 is 5.32 Å². The number of hydrogen-bond acceptors (Lipinski definition) is 1. The molecule has 0 aliphatic rings. The first-order chi connectivity index (χ1) is 7.63. The van der Waals surface area contributed by atoms with Crippen LogP contribution in [0.15, 0.2) is 35.9 Å². The minimum atomic E-state index is 0.384. The van der Waals surface area contributed by atoms with E-state index in [1.54, 1.807) is 0 Å². The highest BCUT2D eigenvalue weighted by Crippen LogP contribution is 2.20. The van der Waals surface area contributed by atoms with Gasteiger partial charge in [-0.1, -0.05) is 42.3 Å². The molecule has 1 N–H and O–H groups in total. The summed E-state index contributed by atoms with van der Waals surface area (Å²) in [5.74, 6) is 0. The first-order valence-corrected chi connectivity index (χ1v) is 6.13. The molecule has 88 valence electrons. The molecular weight excluding hydrogens is 218 g/mol. The highest BCUT2D eigenvalue weighted by molar-refractivity contribution is 6.30. The van der Waals surface area contributed by atoms with Gasteiger partial charge in [-0.2, -0.15) is 0 Å². The molecular formula is C14H20ClN. The maximum Gasteiger partial charge on any atom is 0.0409 e. The summed E-state index contributed by atoms with van der Waals surface area (Å²) in [6.45, 7) is 7.32. The van der Waals surface area contributed by atoms with E-state index in [0.29, 0.717) is 6.04 Å². The van der Waals surface area contributed by atoms with Gasteiger partial charge in [0.25, 0.3) is 0 Å². The smallest absolute Gasteiger partial charge is 0.0409 e. The lowest BCUT2D eigenvalue weighted by Gasteiger charge is -2.16. The van der Waals surface area contributed by atoms with E-state index in [4.69, 9.17) is 11.6 Å². The molecule has 1 atom stereocenters. The molecule has 0 bridgehead atoms. The zero-order valence-electron chi connectivity index (χ0n) is 10.3. The molecule has 0 aromatic heterocycles. The molecule has 1 rings (SSSR count). The summed E-state index contributed by atoms with van der Waals surface area (Å²) < 4.78 is 0. The van der Waals surface area contributed by atoms with Crippen molar-refractivity contribution in [1.82, 2.24) is 5.32 Å². The van der Waals surface area contributed by atoms with E-state index in [0.717, 1.165) is 18.0 Å². The Bertz CT molecular complexity index is 354. The molecule has 1 aromatic rings. The minimum Gasteiger partial charge on any atom is -0.306 e. The van der Waals surface area contributed by atoms with Crippen molar-refractivity contribution < 1.29 is 0 Å². The molecule has 0 saturated heterocycles. The number of benzene rings is 1. The maximum atomic E-state index is 5.99. The predicted octanol–water partition coefficient (Wildman–Crippen LogP) is 4.35. The van der Waals surface area contributed by atoms with Gasteiger partial charge >= 0.3 is 0 Å². The number of rotatable bonds is 5. The van der Waals surface area contributed by atoms with Gasteiger partial charge in [-0.25, -0.2) is 0 Å². The van der Waals surface area contributed by atoms with Crippen LogP contribution in [-0.2, 0) is 0 Å². The second kappa shape index (κ2) is 6.72. The van der Waals surface area contributed by atoms with Crippen molar-refractivity contribution in [2.75, 3.05) is 6.54 Å². The van der Waals surface area contributed by atoms with Crippen molar-refractivity contribution in [3.63, 3.8) is 0 Å². The normalized spacial score (nSPS) is 12.2. The third-order valence-corrected chi connectivity index (χ3v) is 2.77. The van der Waals surface area contributed by atoms with Crippen molar-refractivity contribution in [2.24, 2.45) is 0 Å². The maximum absolute atomic E-state index is 5.99. The topological polar surface area (TPSA) is 12.0 Å². The van der Waals surface area contributed by atoms with Gasteiger partial charge in [-0.05, 0) is 38.0 Å². The van der Waals surface area contributed by atoms with Gasteiger partial charge in [0.05, 0.1) is 0 Å². The average molecular weight is 238 g/mol. The average Bonchev–Trinajstić information content (AvgIpc) is 2.24. The highest BCUT2D eigenvalue weighted by atomic mass is 35.5. The Morgan fingerprint density at radius 2 is 2.19 bits per heavy atom. The van der Waals surface area contributed by atoms with Crippen LogP contribution in [0.3, 0.4) is 0 Å². The molecule has 0 aliphatic heterocycles. The van der Waals surface area contributed by atoms with Crippen molar-refractivity contribution in [3.05, 3.63) is 46.5 Å². The van der Waals surface area contributed by atoms with Gasteiger partial charge in [-0.3, -0.25) is 0 Å². The molecule has 1 aromatic carbocycles. The summed E-state index contributed by atoms with van der Waals surface area (Å²) in [6.07, 6.45) is 3.27. The lowest BCUT2D eigenvalue weighted by molar-refractivity contribution is 0.550. The van der Waals surface area contributed by atoms with Crippen LogP contribution >= 0.6 is 11.6 Å². The number of hydrogen-bond donors (Lipinski definition) is 1. The van der Waals surface area contributed by atoms with Crippen LogP contribution in [0.1, 0.15) is 38.8 Å². The fourth-order valence-electron chi connectivity index (χ4n) is 1.63. The summed E-state index contributed by atoms with van der Waals surface area (Å²) in [5, 5.41) is 4.31. The second-order valence-electron chi connectivity index (χ2n) is 4.21. The van der Waals surface area contributed by atoms with Crippen LogP contribution < -0.4 is 5.32 Å². The van der Waals surface area contributed by atoms with Gasteiger partial charge in [0.1, 0.15) is 0 Å². The van der Waals surface area contributed by atoms with Gasteiger partial charge in [0.2, 0.25) is 0 Å². The van der Waals surface area contributed by atoms with Crippen molar-refractivity contribution in [3.8, 4) is 0 Å². The molecule has 0 amide bonds. The first-order valence-electron chi connectivity index (χ1n) is 5.75. The van der Waals surface area contributed by atoms with Crippen molar-refractivity contribution in [1.29, 1.82) is 0 Å². The van der Waals surface area contributed by atoms with Crippen LogP contribution in [0, 0.1) is 0 Å². The van der Waals surface area contributed by atoms with E-state index in [-0.39, 0.29) is 0 Å². The standard InChI is InChI=1S/C14H20ClN/c1-4-14(16-9-8-11(2)3)12-6-5-7-13(15)10-12/h5-8,10,14,16H,4,9H2,1-3H3. The molecule has 0 spiro atoms. The summed E-state index contributed by atoms with van der Waals surface area (Å²) in [6, 6.07) is 8.45. The fourth-order valence-corrected chi connectivity index (χ4v) is 1.83. The predicted molar refractivity (Wildman–Crippen MR) is 71.9 cm³/mol. The quantitative estimate of drug-likeness (QED) is 0.751. The first kappa shape index (κ1) is 13.3. The molecule has 0 aliphatic carbocycles. The summed E-state index contributed by atoms with van der Waals surface area (Å²) >= 11 is 5.99. The van der Waals surface area contributed by atoms with E-state index in [9.17, 15) is 0 Å². The Labute approximate surface area is 104 Å². The van der Waals surface area contributed by atoms with Crippen LogP contribution in [0.4, 0.5) is 0 Å². The zero-order chi connectivity index (χ0) is 12.0. The molecule has 0 fully saturated rings. The minimum absolute atomic E-state index is 0.384. The number of nitrogens with one attached hydrogen (secondary N) is 1. The zero-order valence-corrected chi connectivity index (χ0v) is 11.0. The summed E-state index contributed by atoms with van der Waals surface area (Å²) in [7, 11) is 0. The van der Waals surface area contributed by atoms with Crippen LogP contribution in [0.2, 0.25) is 5.02 Å². The van der Waals surface area contributed by atoms with E-state index in [2.05, 4.69) is 38.2 Å². The van der Waals surface area contributed by atoms with Crippen LogP contribution in [0.25, 0.3) is 0 Å². The molecule has 1 nitrogen and oxygen atoms in total. The van der Waals surface area contributed by atoms with Gasteiger partial charge in [-0.15, -0.1) is 0 Å². The van der Waals surface area contributed by atoms with Crippen LogP contribution in [0.5, 0.6) is 0 Å². The Morgan fingerprint density at radius 3 is 2.75 bits per heavy atom. The summed E-state index contributed by atoms with van der Waals surface area (Å²) in [4.78, 5) is 0. The second-order valence-corrected chi connectivity index (χ2v) is 4.64. The Hall–Kier alpha value is -0.790. The lowest BCUT2D eigenvalue weighted by Crippen LogP contribution is -2.20. The molecule has 0 saturated carbocycles. The van der Waals surface area contributed by atoms with E-state index < -0.39 is 0 Å². The van der Waals surface area contributed by atoms with Gasteiger partial charge in [0, 0.05) is 17.6 Å². The largest absolute Gasteiger partial charge is 0.306 e. The molecule has 0 radical (unpaired) electrons. The van der Waals surface area contributed by atoms with Crippen molar-refractivity contribution >= 4 is 11.6 Å². The monoisotopic (exact) mass is 237 g/mol. The number of allylic oxidation sites excluding steroid dienone is 1. The third kappa shape index (κ3) is 4.38. The molecule has 16 heavy (non-hydrogen) atoms. The van der Waals surface area contributed by atoms with E-state index >= 15 is 0 Å². The molecule has 1 unspecified atom stereocenters. The molecule has 2 heteroatoms. The van der Waals surface area contributed by atoms with E-state index in [1.165, 1.54) is 11.1 Å². The highest BCUT2D eigenvalue weighted by Gasteiger charge is 2.07. The molecule has 0 heterocycles. The lowest BCUT2D eigenvalue weighted by atomic mass is 10.0. The number of halogens is 1. The Morgan fingerprint density at radius 1 is 1.44 bits per heavy atom. The van der Waals surface area contributed by atoms with Gasteiger partial charge in [0.15, 0.2) is 0 Å². The van der Waals surface area contributed by atoms with Crippen molar-refractivity contribution in [2.45, 2.75) is 33.2 Å². The third-order valence-electron chi connectivity index (χ3n) is 2.53. The Kier molecular flexibility index (Phi) is 5.58. The summed E-state index contributed by atoms with van der Waals surface area (Å²) in [5.41, 5.74) is 2.60. The Balaban J connectivity index is 2.64. The van der Waals surface area contributed by atoms with Crippen LogP contribution in [-0.4, -0.2) is 6.54 Å². The fraction of sp³-hybridized carbons (Fsp3) is 0.429. The van der Waals surface area contributed by atoms with E-state index in [1.807, 2.05) is 18.2 Å².